The van der Waals surface area contributed by atoms with Crippen molar-refractivity contribution in [2.45, 2.75) is 11.0 Å². The number of primary amides is 1. The van der Waals surface area contributed by atoms with Crippen LogP contribution >= 0.6 is 0 Å². The van der Waals surface area contributed by atoms with Gasteiger partial charge in [-0.25, -0.2) is 13.1 Å². The van der Waals surface area contributed by atoms with Gasteiger partial charge in [0.15, 0.2) is 0 Å². The number of hydrogen-bond donors (Lipinski definition) is 4. The Morgan fingerprint density at radius 3 is 2.68 bits per heavy atom. The number of anilines is 1. The lowest BCUT2D eigenvalue weighted by Gasteiger charge is -2.12. The molecule has 1 aromatic carbocycles. The molecule has 8 nitrogen and oxygen atoms in total. The van der Waals surface area contributed by atoms with Gasteiger partial charge in [0.25, 0.3) is 0 Å². The molecule has 0 radical (unpaired) electrons. The fourth-order valence-electron chi connectivity index (χ4n) is 1.27. The van der Waals surface area contributed by atoms with Gasteiger partial charge in [0.05, 0.1) is 7.11 Å². The molecule has 0 aliphatic heterocycles. The van der Waals surface area contributed by atoms with Gasteiger partial charge >= 0.3 is 0 Å². The van der Waals surface area contributed by atoms with Crippen LogP contribution in [0.5, 0.6) is 5.75 Å². The molecule has 9 heteroatoms. The number of nitrogens with two attached hydrogens (primary N) is 2. The maximum absolute atomic E-state index is 12.0. The highest BCUT2D eigenvalue weighted by atomic mass is 32.2. The second-order valence-electron chi connectivity index (χ2n) is 3.68. The zero-order chi connectivity index (χ0) is 14.6. The summed E-state index contributed by atoms with van der Waals surface area (Å²) in [5.74, 6) is -0.933. The maximum atomic E-state index is 12.0. The normalized spacial score (nSPS) is 12.9. The Hall–Kier alpha value is -1.84. The van der Waals surface area contributed by atoms with Crippen LogP contribution in [0, 0.1) is 0 Å². The molecule has 0 aromatic heterocycles. The first kappa shape index (κ1) is 15.2. The number of carbonyl (C=O) groups excluding carboxylic acids is 1. The van der Waals surface area contributed by atoms with Gasteiger partial charge in [-0.2, -0.15) is 0 Å². The first-order valence-corrected chi connectivity index (χ1v) is 6.67. The average Bonchev–Trinajstić information content (AvgIpc) is 2.35. The van der Waals surface area contributed by atoms with E-state index in [1.165, 1.54) is 25.3 Å². The predicted molar refractivity (Wildman–Crippen MR) is 67.8 cm³/mol. The van der Waals surface area contributed by atoms with Crippen LogP contribution in [-0.2, 0) is 14.8 Å². The molecular formula is C10H15N3O5S. The molecule has 0 fully saturated rings. The minimum absolute atomic E-state index is 0.0928. The second-order valence-corrected chi connectivity index (χ2v) is 5.42. The number of ether oxygens (including phenoxy) is 1. The first-order valence-electron chi connectivity index (χ1n) is 5.18. The van der Waals surface area contributed by atoms with Crippen LogP contribution in [-0.4, -0.2) is 39.2 Å². The first-order chi connectivity index (χ1) is 8.77. The SMILES string of the molecule is COc1ccc(N)cc1S(=O)(=O)NCC(O)C(N)=O. The van der Waals surface area contributed by atoms with Crippen LogP contribution in [0.1, 0.15) is 0 Å². The number of amides is 1. The van der Waals surface area contributed by atoms with Gasteiger partial charge in [-0.15, -0.1) is 0 Å². The van der Waals surface area contributed by atoms with Crippen molar-refractivity contribution in [3.63, 3.8) is 0 Å². The van der Waals surface area contributed by atoms with Crippen molar-refractivity contribution < 1.29 is 23.1 Å². The molecule has 1 aromatic rings. The Balaban J connectivity index is 3.00. The lowest BCUT2D eigenvalue weighted by atomic mass is 10.3. The van der Waals surface area contributed by atoms with Gasteiger partial charge in [-0.3, -0.25) is 4.79 Å². The largest absolute Gasteiger partial charge is 0.495 e. The predicted octanol–water partition coefficient (Wildman–Crippen LogP) is -1.60. The molecular weight excluding hydrogens is 274 g/mol. The number of carbonyl (C=O) groups is 1. The lowest BCUT2D eigenvalue weighted by molar-refractivity contribution is -0.125. The zero-order valence-electron chi connectivity index (χ0n) is 10.2. The summed E-state index contributed by atoms with van der Waals surface area (Å²) in [6, 6.07) is 4.09. The molecule has 0 aliphatic rings. The van der Waals surface area contributed by atoms with Crippen molar-refractivity contribution in [2.24, 2.45) is 5.73 Å². The highest BCUT2D eigenvalue weighted by Crippen LogP contribution is 2.25. The van der Waals surface area contributed by atoms with Crippen LogP contribution in [0.4, 0.5) is 5.69 Å². The van der Waals surface area contributed by atoms with E-state index in [0.29, 0.717) is 0 Å². The summed E-state index contributed by atoms with van der Waals surface area (Å²) in [7, 11) is -2.67. The molecule has 1 atom stereocenters. The number of aliphatic hydroxyl groups excluding tert-OH is 1. The maximum Gasteiger partial charge on any atom is 0.247 e. The van der Waals surface area contributed by atoms with E-state index >= 15 is 0 Å². The third-order valence-corrected chi connectivity index (χ3v) is 3.72. The number of methoxy groups -OCH3 is 1. The van der Waals surface area contributed by atoms with E-state index < -0.39 is 28.6 Å². The minimum Gasteiger partial charge on any atom is -0.495 e. The van der Waals surface area contributed by atoms with Gasteiger partial charge in [-0.1, -0.05) is 0 Å². The summed E-state index contributed by atoms with van der Waals surface area (Å²) >= 11 is 0. The number of rotatable bonds is 6. The highest BCUT2D eigenvalue weighted by Gasteiger charge is 2.22. The second kappa shape index (κ2) is 5.87. The Morgan fingerprint density at radius 2 is 2.16 bits per heavy atom. The highest BCUT2D eigenvalue weighted by molar-refractivity contribution is 7.89. The van der Waals surface area contributed by atoms with Crippen LogP contribution in [0.25, 0.3) is 0 Å². The standard InChI is InChI=1S/C10H15N3O5S/c1-18-8-3-2-6(11)4-9(8)19(16,17)13-5-7(14)10(12)15/h2-4,7,13-14H,5,11H2,1H3,(H2,12,15). The number of benzene rings is 1. The van der Waals surface area contributed by atoms with Crippen LogP contribution < -0.4 is 20.9 Å². The van der Waals surface area contributed by atoms with Crippen LogP contribution in [0.3, 0.4) is 0 Å². The Bertz CT molecular complexity index is 573. The molecule has 1 amide bonds. The fourth-order valence-corrected chi connectivity index (χ4v) is 2.51. The molecule has 0 saturated carbocycles. The Labute approximate surface area is 110 Å². The van der Waals surface area contributed by atoms with E-state index in [0.717, 1.165) is 0 Å². The van der Waals surface area contributed by atoms with E-state index in [1.54, 1.807) is 0 Å². The van der Waals surface area contributed by atoms with Crippen LogP contribution in [0.15, 0.2) is 23.1 Å². The molecule has 0 spiro atoms. The van der Waals surface area contributed by atoms with E-state index in [1.807, 2.05) is 4.72 Å². The topological polar surface area (TPSA) is 145 Å². The lowest BCUT2D eigenvalue weighted by Crippen LogP contribution is -2.40. The van der Waals surface area contributed by atoms with Crippen molar-refractivity contribution in [3.05, 3.63) is 18.2 Å². The van der Waals surface area contributed by atoms with Gasteiger partial charge in [0.2, 0.25) is 15.9 Å². The summed E-state index contributed by atoms with van der Waals surface area (Å²) < 4.78 is 30.9. The average molecular weight is 289 g/mol. The van der Waals surface area contributed by atoms with E-state index in [9.17, 15) is 13.2 Å². The van der Waals surface area contributed by atoms with Crippen molar-refractivity contribution in [2.75, 3.05) is 19.4 Å². The molecule has 0 aliphatic carbocycles. The molecule has 1 rings (SSSR count). The van der Waals surface area contributed by atoms with Crippen molar-refractivity contribution in [1.29, 1.82) is 0 Å². The van der Waals surface area contributed by atoms with Crippen LogP contribution in [0.2, 0.25) is 0 Å². The van der Waals surface area contributed by atoms with E-state index in [2.05, 4.69) is 0 Å². The monoisotopic (exact) mass is 289 g/mol. The summed E-state index contributed by atoms with van der Waals surface area (Å²) in [5.41, 5.74) is 10.6. The third-order valence-electron chi connectivity index (χ3n) is 2.27. The van der Waals surface area contributed by atoms with Gasteiger partial charge in [-0.05, 0) is 18.2 Å². The van der Waals surface area contributed by atoms with Crippen molar-refractivity contribution in [3.8, 4) is 5.75 Å². The number of nitrogens with one attached hydrogen (secondary N) is 1. The molecule has 0 heterocycles. The van der Waals surface area contributed by atoms with Gasteiger partial charge in [0.1, 0.15) is 16.7 Å². The molecule has 19 heavy (non-hydrogen) atoms. The third kappa shape index (κ3) is 3.81. The number of sulfonamides is 1. The summed E-state index contributed by atoms with van der Waals surface area (Å²) in [6.07, 6.45) is -1.61. The molecule has 0 saturated heterocycles. The Morgan fingerprint density at radius 1 is 1.53 bits per heavy atom. The number of aliphatic hydroxyl groups is 1. The van der Waals surface area contributed by atoms with Crippen molar-refractivity contribution >= 4 is 21.6 Å². The molecule has 0 bridgehead atoms. The van der Waals surface area contributed by atoms with Gasteiger partial charge in [0, 0.05) is 12.2 Å². The summed E-state index contributed by atoms with van der Waals surface area (Å²) in [4.78, 5) is 10.4. The minimum atomic E-state index is -3.98. The zero-order valence-corrected chi connectivity index (χ0v) is 11.0. The smallest absolute Gasteiger partial charge is 0.247 e. The van der Waals surface area contributed by atoms with Gasteiger partial charge < -0.3 is 21.3 Å². The number of hydrogen-bond acceptors (Lipinski definition) is 6. The number of nitrogen functional groups attached to an aromatic ring is 1. The molecule has 106 valence electrons. The van der Waals surface area contributed by atoms with E-state index in [4.69, 9.17) is 21.3 Å². The molecule has 6 N–H and O–H groups in total. The van der Waals surface area contributed by atoms with E-state index in [-0.39, 0.29) is 16.3 Å². The molecule has 1 unspecified atom stereocenters. The Kier molecular flexibility index (Phi) is 4.70. The quantitative estimate of drug-likeness (QED) is 0.464. The summed E-state index contributed by atoms with van der Waals surface area (Å²) in [6.45, 7) is -0.532. The van der Waals surface area contributed by atoms with Crippen molar-refractivity contribution in [1.82, 2.24) is 4.72 Å². The summed E-state index contributed by atoms with van der Waals surface area (Å²) in [5, 5.41) is 9.16. The fraction of sp³-hybridized carbons (Fsp3) is 0.300.